The van der Waals surface area contributed by atoms with E-state index in [1.54, 1.807) is 6.92 Å². The summed E-state index contributed by atoms with van der Waals surface area (Å²) in [5.74, 6) is -0.533. The summed E-state index contributed by atoms with van der Waals surface area (Å²) >= 11 is 0. The van der Waals surface area contributed by atoms with Crippen LogP contribution in [0.15, 0.2) is 42.6 Å². The molecule has 0 saturated carbocycles. The lowest BCUT2D eigenvalue weighted by Gasteiger charge is -2.12. The van der Waals surface area contributed by atoms with Crippen molar-refractivity contribution in [3.05, 3.63) is 59.4 Å². The van der Waals surface area contributed by atoms with E-state index in [-0.39, 0.29) is 30.3 Å². The predicted octanol–water partition coefficient (Wildman–Crippen LogP) is 5.35. The number of alkyl halides is 6. The third-order valence-electron chi connectivity index (χ3n) is 3.88. The first-order valence-corrected chi connectivity index (χ1v) is 8.27. The SMILES string of the molecule is C[C@@H](CC(=O)Cc1ccc(C(F)(F)F)cc1)c1ccc(OCC(F)(F)F)cn1. The minimum absolute atomic E-state index is 0.0186. The molecule has 0 unspecified atom stereocenters. The number of pyridine rings is 1. The van der Waals surface area contributed by atoms with E-state index >= 15 is 0 Å². The molecule has 0 aliphatic carbocycles. The van der Waals surface area contributed by atoms with Gasteiger partial charge in [-0.3, -0.25) is 9.78 Å². The number of hydrogen-bond donors (Lipinski definition) is 0. The first kappa shape index (κ1) is 21.7. The Labute approximate surface area is 157 Å². The normalized spacial score (nSPS) is 13.2. The Morgan fingerprint density at radius 3 is 2.18 bits per heavy atom. The smallest absolute Gasteiger partial charge is 0.422 e. The summed E-state index contributed by atoms with van der Waals surface area (Å²) in [6.07, 6.45) is -7.65. The maximum atomic E-state index is 12.5. The zero-order valence-corrected chi connectivity index (χ0v) is 14.8. The maximum absolute atomic E-state index is 12.5. The monoisotopic (exact) mass is 405 g/mol. The Morgan fingerprint density at radius 2 is 1.68 bits per heavy atom. The van der Waals surface area contributed by atoms with Crippen LogP contribution in [0.1, 0.15) is 36.1 Å². The standard InChI is InChI=1S/C19H17F6NO2/c1-12(17-7-6-16(10-26-17)28-11-18(20,21)22)8-15(27)9-13-2-4-14(5-3-13)19(23,24)25/h2-7,10,12H,8-9,11H2,1H3/t12-/m0/s1. The number of ketones is 1. The molecule has 1 heterocycles. The van der Waals surface area contributed by atoms with Gasteiger partial charge in [0.05, 0.1) is 11.8 Å². The molecule has 0 N–H and O–H groups in total. The lowest BCUT2D eigenvalue weighted by molar-refractivity contribution is -0.153. The highest BCUT2D eigenvalue weighted by molar-refractivity contribution is 5.81. The van der Waals surface area contributed by atoms with Crippen molar-refractivity contribution in [2.24, 2.45) is 0 Å². The van der Waals surface area contributed by atoms with Crippen LogP contribution in [-0.4, -0.2) is 23.6 Å². The Morgan fingerprint density at radius 1 is 1.04 bits per heavy atom. The van der Waals surface area contributed by atoms with Gasteiger partial charge in [-0.25, -0.2) is 0 Å². The fourth-order valence-electron chi connectivity index (χ4n) is 2.49. The fraction of sp³-hybridized carbons (Fsp3) is 0.368. The average molecular weight is 405 g/mol. The zero-order chi connectivity index (χ0) is 20.9. The molecular formula is C19H17F6NO2. The van der Waals surface area contributed by atoms with Gasteiger partial charge >= 0.3 is 12.4 Å². The van der Waals surface area contributed by atoms with E-state index in [0.717, 1.165) is 18.3 Å². The van der Waals surface area contributed by atoms with Crippen molar-refractivity contribution >= 4 is 5.78 Å². The fourth-order valence-corrected chi connectivity index (χ4v) is 2.49. The highest BCUT2D eigenvalue weighted by atomic mass is 19.4. The Balaban J connectivity index is 1.89. The van der Waals surface area contributed by atoms with Gasteiger partial charge in [0.2, 0.25) is 0 Å². The highest BCUT2D eigenvalue weighted by Crippen LogP contribution is 2.29. The summed E-state index contributed by atoms with van der Waals surface area (Å²) in [7, 11) is 0. The van der Waals surface area contributed by atoms with Gasteiger partial charge in [-0.1, -0.05) is 19.1 Å². The van der Waals surface area contributed by atoms with Gasteiger partial charge in [-0.2, -0.15) is 26.3 Å². The van der Waals surface area contributed by atoms with Gasteiger partial charge in [0, 0.05) is 24.5 Å². The van der Waals surface area contributed by atoms with Gasteiger partial charge in [0.25, 0.3) is 0 Å². The predicted molar refractivity (Wildman–Crippen MR) is 89.0 cm³/mol. The second-order valence-electron chi connectivity index (χ2n) is 6.34. The minimum Gasteiger partial charge on any atom is -0.483 e. The van der Waals surface area contributed by atoms with Crippen molar-refractivity contribution in [1.82, 2.24) is 4.98 Å². The van der Waals surface area contributed by atoms with Crippen LogP contribution in [0, 0.1) is 0 Å². The molecule has 2 rings (SSSR count). The maximum Gasteiger partial charge on any atom is 0.422 e. The minimum atomic E-state index is -4.45. The molecule has 0 radical (unpaired) electrons. The second kappa shape index (κ2) is 8.62. The van der Waals surface area contributed by atoms with Crippen molar-refractivity contribution in [3.8, 4) is 5.75 Å². The number of nitrogens with zero attached hydrogens (tertiary/aromatic N) is 1. The van der Waals surface area contributed by atoms with E-state index in [1.807, 2.05) is 0 Å². The van der Waals surface area contributed by atoms with Crippen LogP contribution < -0.4 is 4.74 Å². The average Bonchev–Trinajstić information content (AvgIpc) is 2.59. The molecule has 0 spiro atoms. The van der Waals surface area contributed by atoms with Gasteiger partial charge in [0.15, 0.2) is 6.61 Å². The number of benzene rings is 1. The van der Waals surface area contributed by atoms with Crippen molar-refractivity contribution in [1.29, 1.82) is 0 Å². The number of ether oxygens (including phenoxy) is 1. The molecule has 1 atom stereocenters. The van der Waals surface area contributed by atoms with Crippen molar-refractivity contribution < 1.29 is 35.9 Å². The van der Waals surface area contributed by atoms with E-state index in [1.165, 1.54) is 24.3 Å². The Hall–Kier alpha value is -2.58. The molecule has 0 saturated heterocycles. The summed E-state index contributed by atoms with van der Waals surface area (Å²) in [6, 6.07) is 7.18. The van der Waals surface area contributed by atoms with Crippen LogP contribution >= 0.6 is 0 Å². The van der Waals surface area contributed by atoms with Crippen LogP contribution in [0.3, 0.4) is 0 Å². The van der Waals surface area contributed by atoms with E-state index in [4.69, 9.17) is 0 Å². The topological polar surface area (TPSA) is 39.2 Å². The summed E-state index contributed by atoms with van der Waals surface area (Å²) in [4.78, 5) is 16.2. The molecule has 0 bridgehead atoms. The van der Waals surface area contributed by atoms with Gasteiger partial charge in [-0.05, 0) is 29.8 Å². The van der Waals surface area contributed by atoms with Crippen molar-refractivity contribution in [3.63, 3.8) is 0 Å². The number of halogens is 6. The third-order valence-corrected chi connectivity index (χ3v) is 3.88. The van der Waals surface area contributed by atoms with Crippen LogP contribution in [-0.2, 0) is 17.4 Å². The molecule has 0 aliphatic heterocycles. The summed E-state index contributed by atoms with van der Waals surface area (Å²) in [5, 5.41) is 0. The third kappa shape index (κ3) is 6.86. The van der Waals surface area contributed by atoms with Gasteiger partial charge in [0.1, 0.15) is 11.5 Å². The van der Waals surface area contributed by atoms with Crippen molar-refractivity contribution in [2.75, 3.05) is 6.61 Å². The number of rotatable bonds is 7. The Kier molecular flexibility index (Phi) is 6.69. The molecule has 28 heavy (non-hydrogen) atoms. The molecule has 152 valence electrons. The van der Waals surface area contributed by atoms with Gasteiger partial charge < -0.3 is 4.74 Å². The van der Waals surface area contributed by atoms with Crippen LogP contribution in [0.25, 0.3) is 0 Å². The molecule has 3 nitrogen and oxygen atoms in total. The van der Waals surface area contributed by atoms with Gasteiger partial charge in [-0.15, -0.1) is 0 Å². The van der Waals surface area contributed by atoms with Crippen LogP contribution in [0.4, 0.5) is 26.3 Å². The largest absolute Gasteiger partial charge is 0.483 e. The first-order valence-electron chi connectivity index (χ1n) is 8.27. The molecule has 0 aliphatic rings. The Bertz CT molecular complexity index is 782. The molecular weight excluding hydrogens is 388 g/mol. The first-order chi connectivity index (χ1) is 12.9. The molecule has 9 heteroatoms. The zero-order valence-electron chi connectivity index (χ0n) is 14.8. The van der Waals surface area contributed by atoms with Crippen LogP contribution in [0.5, 0.6) is 5.75 Å². The summed E-state index contributed by atoms with van der Waals surface area (Å²) in [5.41, 5.74) is 0.184. The molecule has 1 aromatic heterocycles. The van der Waals surface area contributed by atoms with E-state index in [2.05, 4.69) is 9.72 Å². The lowest BCUT2D eigenvalue weighted by Crippen LogP contribution is -2.19. The number of hydrogen-bond acceptors (Lipinski definition) is 3. The molecule has 2 aromatic rings. The summed E-state index contributed by atoms with van der Waals surface area (Å²) in [6.45, 7) is 0.304. The van der Waals surface area contributed by atoms with E-state index in [0.29, 0.717) is 11.3 Å². The molecule has 0 fully saturated rings. The number of carbonyl (C=O) groups is 1. The number of Topliss-reactive ketones (excluding diaryl/α,β-unsaturated/α-hetero) is 1. The second-order valence-corrected chi connectivity index (χ2v) is 6.34. The molecule has 0 amide bonds. The van der Waals surface area contributed by atoms with E-state index in [9.17, 15) is 31.1 Å². The molecule has 1 aromatic carbocycles. The van der Waals surface area contributed by atoms with Crippen molar-refractivity contribution in [2.45, 2.75) is 38.0 Å². The highest BCUT2D eigenvalue weighted by Gasteiger charge is 2.30. The number of aromatic nitrogens is 1. The van der Waals surface area contributed by atoms with E-state index < -0.39 is 24.5 Å². The lowest BCUT2D eigenvalue weighted by atomic mass is 9.96. The number of carbonyl (C=O) groups excluding carboxylic acids is 1. The quantitative estimate of drug-likeness (QED) is 0.584. The van der Waals surface area contributed by atoms with Crippen LogP contribution in [0.2, 0.25) is 0 Å². The summed E-state index contributed by atoms with van der Waals surface area (Å²) < 4.78 is 78.5.